The first kappa shape index (κ1) is 48.6. The van der Waals surface area contributed by atoms with E-state index in [2.05, 4.69) is 34.4 Å². The minimum atomic E-state index is -5.59. The van der Waals surface area contributed by atoms with Crippen LogP contribution in [0.4, 0.5) is 5.82 Å². The average Bonchev–Trinajstić information content (AvgIpc) is 3.67. The summed E-state index contributed by atoms with van der Waals surface area (Å²) in [5, 5.41) is 34.6. The maximum atomic E-state index is 12.7. The van der Waals surface area contributed by atoms with Gasteiger partial charge >= 0.3 is 23.5 Å². The maximum Gasteiger partial charge on any atom is 0.481 e. The number of thioether (sulfide) groups is 1. The lowest BCUT2D eigenvalue weighted by atomic mass is 9.87. The van der Waals surface area contributed by atoms with Gasteiger partial charge in [-0.3, -0.25) is 37.3 Å². The van der Waals surface area contributed by atoms with E-state index in [4.69, 9.17) is 24.6 Å². The summed E-state index contributed by atoms with van der Waals surface area (Å²) in [6, 6.07) is 0. The normalized spacial score (nSPS) is 21.4. The molecule has 3 rings (SSSR count). The lowest BCUT2D eigenvalue weighted by Crippen LogP contribution is -2.46. The van der Waals surface area contributed by atoms with Crippen molar-refractivity contribution in [3.05, 3.63) is 12.7 Å². The summed E-state index contributed by atoms with van der Waals surface area (Å²) in [5.74, 6) is -1.70. The predicted octanol–water partition coefficient (Wildman–Crippen LogP) is -1.60. The maximum absolute atomic E-state index is 12.7. The van der Waals surface area contributed by atoms with Crippen molar-refractivity contribution in [2.75, 3.05) is 44.4 Å². The van der Waals surface area contributed by atoms with Gasteiger partial charge in [-0.25, -0.2) is 28.6 Å². The molecule has 2 unspecified atom stereocenters. The van der Waals surface area contributed by atoms with Crippen LogP contribution in [-0.4, -0.2) is 140 Å². The second-order valence-electron chi connectivity index (χ2n) is 12.8. The molecule has 57 heavy (non-hydrogen) atoms. The van der Waals surface area contributed by atoms with Crippen molar-refractivity contribution in [1.29, 1.82) is 0 Å². The molecule has 0 aliphatic carbocycles. The molecule has 3 heterocycles. The van der Waals surface area contributed by atoms with E-state index in [1.165, 1.54) is 13.8 Å². The van der Waals surface area contributed by atoms with Crippen LogP contribution in [0, 0.1) is 5.41 Å². The molecule has 1 aliphatic heterocycles. The van der Waals surface area contributed by atoms with Gasteiger partial charge in [0.2, 0.25) is 11.8 Å². The molecule has 322 valence electrons. The highest BCUT2D eigenvalue weighted by Gasteiger charge is 2.50. The van der Waals surface area contributed by atoms with Gasteiger partial charge in [0.15, 0.2) is 22.8 Å². The van der Waals surface area contributed by atoms with Gasteiger partial charge in [0.05, 0.1) is 26.0 Å². The fourth-order valence-corrected chi connectivity index (χ4v) is 8.40. The van der Waals surface area contributed by atoms with Crippen molar-refractivity contribution in [3.8, 4) is 0 Å². The number of carbonyl (C=O) groups is 4. The number of fused-ring (bicyclic) bond motifs is 1. The number of amides is 2. The number of ether oxygens (including phenoxy) is 1. The quantitative estimate of drug-likeness (QED) is 0.0322. The Labute approximate surface area is 327 Å². The van der Waals surface area contributed by atoms with Crippen LogP contribution in [0.5, 0.6) is 0 Å². The van der Waals surface area contributed by atoms with Crippen molar-refractivity contribution in [1.82, 2.24) is 30.2 Å². The Morgan fingerprint density at radius 1 is 1.04 bits per heavy atom. The molecule has 11 N–H and O–H groups in total. The number of aliphatic hydroxyl groups excluding tert-OH is 3. The highest BCUT2D eigenvalue weighted by Crippen LogP contribution is 2.61. The van der Waals surface area contributed by atoms with Crippen molar-refractivity contribution < 1.29 is 90.4 Å². The second-order valence-corrected chi connectivity index (χ2v) is 18.2. The van der Waals surface area contributed by atoms with E-state index in [0.29, 0.717) is 0 Å². The average molecular weight is 896 g/mol. The number of imidazole rings is 1. The minimum absolute atomic E-state index is 0.0203. The molecule has 1 fully saturated rings. The van der Waals surface area contributed by atoms with E-state index >= 15 is 0 Å². The molecule has 2 amide bonds. The molecule has 0 aromatic carbocycles. The number of nitrogens with zero attached hydrogens (tertiary/aromatic N) is 4. The van der Waals surface area contributed by atoms with Crippen molar-refractivity contribution in [3.63, 3.8) is 0 Å². The van der Waals surface area contributed by atoms with E-state index in [-0.39, 0.29) is 79.0 Å². The van der Waals surface area contributed by atoms with Crippen molar-refractivity contribution in [2.45, 2.75) is 70.2 Å². The second kappa shape index (κ2) is 20.9. The van der Waals surface area contributed by atoms with Gasteiger partial charge in [-0.1, -0.05) is 25.6 Å². The Kier molecular flexibility index (Phi) is 17.8. The number of ketones is 1. The zero-order valence-electron chi connectivity index (χ0n) is 30.3. The standard InChI is InChI=1S/C27H44N7O19P3S/c1-27(2,22(40)25(41)30-6-5-17(37)29-7-9-57-18(38)10-15(36)4-3-8-35)12-50-56(47,48)53-55(45,46)49-11-16-21(52-54(42,43)44)20(39)26(51-16)34-14-33-19-23(28)31-13-32-24(19)34/h13-14,16,20-22,26,35,39-40H,3-12H2,1-2H3,(H,29,37)(H,30,41)(H,45,46)(H,47,48)(H2,28,31,32)(H2,42,43,44)/t16-,20-,21-,22+,26-/m1/s1. The fourth-order valence-electron chi connectivity index (χ4n) is 4.87. The Bertz CT molecular complexity index is 1880. The van der Waals surface area contributed by atoms with Gasteiger partial charge in [-0.15, -0.1) is 0 Å². The first-order valence-electron chi connectivity index (χ1n) is 16.6. The molecule has 0 saturated carbocycles. The highest BCUT2D eigenvalue weighted by molar-refractivity contribution is 8.13. The van der Waals surface area contributed by atoms with Crippen LogP contribution in [0.3, 0.4) is 0 Å². The zero-order chi connectivity index (χ0) is 42.8. The van der Waals surface area contributed by atoms with E-state index in [9.17, 15) is 62.7 Å². The van der Waals surface area contributed by atoms with Gasteiger partial charge < -0.3 is 56.0 Å². The minimum Gasteiger partial charge on any atom is -0.396 e. The summed E-state index contributed by atoms with van der Waals surface area (Å²) in [7, 11) is -16.4. The van der Waals surface area contributed by atoms with Crippen molar-refractivity contribution in [2.24, 2.45) is 5.41 Å². The smallest absolute Gasteiger partial charge is 0.396 e. The number of hydrogen-bond acceptors (Lipinski definition) is 20. The van der Waals surface area contributed by atoms with E-state index in [1.54, 1.807) is 0 Å². The number of nitrogens with two attached hydrogens (primary N) is 1. The molecular formula is C27H44N7O19P3S. The first-order valence-corrected chi connectivity index (χ1v) is 22.1. The third-order valence-electron chi connectivity index (χ3n) is 7.72. The Morgan fingerprint density at radius 2 is 1.72 bits per heavy atom. The molecule has 7 atom stereocenters. The Hall–Kier alpha value is -2.81. The Morgan fingerprint density at radius 3 is 2.39 bits per heavy atom. The molecule has 0 radical (unpaired) electrons. The number of phosphoric ester groups is 3. The van der Waals surface area contributed by atoms with Crippen LogP contribution in [0.25, 0.3) is 11.2 Å². The fraction of sp³-hybridized carbons (Fsp3) is 0.667. The monoisotopic (exact) mass is 895 g/mol. The van der Waals surface area contributed by atoms with Gasteiger partial charge in [0.1, 0.15) is 42.0 Å². The van der Waals surface area contributed by atoms with E-state index in [1.807, 2.05) is 0 Å². The number of nitrogen functional groups attached to an aromatic ring is 1. The zero-order valence-corrected chi connectivity index (χ0v) is 33.8. The SMILES string of the molecule is CC(C)(COP(=O)(O)OP(=O)(O)OC[C@H]1O[C@@H](n2cnc3c(N)ncnc32)[C@H](O)[C@@H]1OP(=O)(O)O)[C@@H](O)C(=O)NCCC(=O)NCCSC(=O)CC(=O)CCCO. The van der Waals surface area contributed by atoms with Gasteiger partial charge in [0, 0.05) is 43.7 Å². The number of aromatic nitrogens is 4. The van der Waals surface area contributed by atoms with Gasteiger partial charge in [-0.05, 0) is 6.42 Å². The summed E-state index contributed by atoms with van der Waals surface area (Å²) in [6.07, 6.45) is -7.03. The van der Waals surface area contributed by atoms with Gasteiger partial charge in [-0.2, -0.15) is 4.31 Å². The summed E-state index contributed by atoms with van der Waals surface area (Å²) >= 11 is 0.849. The largest absolute Gasteiger partial charge is 0.481 e. The number of aliphatic hydroxyl groups is 3. The van der Waals surface area contributed by atoms with E-state index < -0.39 is 84.6 Å². The summed E-state index contributed by atoms with van der Waals surface area (Å²) in [4.78, 5) is 98.9. The van der Waals surface area contributed by atoms with Crippen LogP contribution >= 0.6 is 35.2 Å². The Balaban J connectivity index is 1.47. The van der Waals surface area contributed by atoms with Crippen LogP contribution in [0.2, 0.25) is 0 Å². The number of anilines is 1. The number of phosphoric acid groups is 3. The van der Waals surface area contributed by atoms with Gasteiger partial charge in [0.25, 0.3) is 0 Å². The topological polar surface area (TPSA) is 401 Å². The summed E-state index contributed by atoms with van der Waals surface area (Å²) < 4.78 is 62.0. The van der Waals surface area contributed by atoms with E-state index in [0.717, 1.165) is 29.0 Å². The molecular weight excluding hydrogens is 851 g/mol. The van der Waals surface area contributed by atoms with Crippen molar-refractivity contribution >= 4 is 74.9 Å². The molecule has 2 aromatic rings. The molecule has 1 aliphatic rings. The molecule has 0 bridgehead atoms. The predicted molar refractivity (Wildman–Crippen MR) is 193 cm³/mol. The number of carbonyl (C=O) groups excluding carboxylic acids is 4. The molecule has 0 spiro atoms. The third-order valence-corrected chi connectivity index (χ3v) is 11.7. The number of hydrogen-bond donors (Lipinski definition) is 10. The lowest BCUT2D eigenvalue weighted by Gasteiger charge is -2.30. The molecule has 2 aromatic heterocycles. The lowest BCUT2D eigenvalue weighted by molar-refractivity contribution is -0.137. The van der Waals surface area contributed by atoms with Crippen LogP contribution in [0.15, 0.2) is 12.7 Å². The molecule has 30 heteroatoms. The summed E-state index contributed by atoms with van der Waals surface area (Å²) in [5.41, 5.74) is 4.20. The number of Topliss-reactive ketones (excluding diaryl/α,β-unsaturated/α-hetero) is 1. The summed E-state index contributed by atoms with van der Waals surface area (Å²) in [6.45, 7) is 0.0579. The number of nitrogens with one attached hydrogen (secondary N) is 2. The highest BCUT2D eigenvalue weighted by atomic mass is 32.2. The van der Waals surface area contributed by atoms with Crippen LogP contribution < -0.4 is 16.4 Å². The van der Waals surface area contributed by atoms with Crippen LogP contribution in [-0.2, 0) is 55.5 Å². The molecule has 1 saturated heterocycles. The first-order chi connectivity index (χ1) is 26.4. The van der Waals surface area contributed by atoms with Crippen LogP contribution in [0.1, 0.15) is 45.8 Å². The number of rotatable bonds is 24. The third kappa shape index (κ3) is 15.4. The molecule has 26 nitrogen and oxygen atoms in total.